The van der Waals surface area contributed by atoms with Crippen molar-refractivity contribution in [2.45, 2.75) is 6.92 Å². The number of rotatable bonds is 3. The molecule has 0 aliphatic rings. The molecule has 146 valence electrons. The number of aromatic nitrogens is 4. The summed E-state index contributed by atoms with van der Waals surface area (Å²) >= 11 is 5.47. The molecule has 3 aromatic carbocycles. The molecule has 0 saturated carbocycles. The molecule has 2 aromatic heterocycles. The van der Waals surface area contributed by atoms with Crippen molar-refractivity contribution in [2.24, 2.45) is 0 Å². The molecule has 0 amide bonds. The van der Waals surface area contributed by atoms with Crippen LogP contribution in [0.1, 0.15) is 5.56 Å². The Balaban J connectivity index is 1.87. The maximum Gasteiger partial charge on any atom is 0.258 e. The molecular weight excluding hydrogens is 392 g/mol. The summed E-state index contributed by atoms with van der Waals surface area (Å²) in [4.78, 5) is 13.4. The van der Waals surface area contributed by atoms with Crippen molar-refractivity contribution in [3.05, 3.63) is 106 Å². The molecule has 0 radical (unpaired) electrons. The standard InChI is InChI=1S/C24H18N4OS/c1-16-12-13-21-20(14-16)19(17-8-4-2-5-9-17)15-22(29)28(21)23-25-26-24(30)27(23)18-10-6-3-7-11-18/h2-15H,1H3,(H,26,30). The van der Waals surface area contributed by atoms with E-state index in [1.165, 1.54) is 0 Å². The highest BCUT2D eigenvalue weighted by Gasteiger charge is 2.17. The number of fused-ring (bicyclic) bond motifs is 1. The molecule has 5 rings (SSSR count). The van der Waals surface area contributed by atoms with Gasteiger partial charge in [0.25, 0.3) is 5.56 Å². The van der Waals surface area contributed by atoms with E-state index in [0.717, 1.165) is 33.3 Å². The first-order chi connectivity index (χ1) is 14.6. The summed E-state index contributed by atoms with van der Waals surface area (Å²) in [6.45, 7) is 2.05. The summed E-state index contributed by atoms with van der Waals surface area (Å²) in [5.74, 6) is 0.435. The van der Waals surface area contributed by atoms with Crippen LogP contribution in [-0.4, -0.2) is 19.3 Å². The lowest BCUT2D eigenvalue weighted by Gasteiger charge is -2.15. The minimum absolute atomic E-state index is 0.170. The van der Waals surface area contributed by atoms with E-state index >= 15 is 0 Å². The van der Waals surface area contributed by atoms with Gasteiger partial charge in [-0.05, 0) is 54.5 Å². The van der Waals surface area contributed by atoms with Gasteiger partial charge in [0.1, 0.15) is 0 Å². The van der Waals surface area contributed by atoms with Crippen LogP contribution in [0.25, 0.3) is 33.7 Å². The number of nitrogens with one attached hydrogen (secondary N) is 1. The van der Waals surface area contributed by atoms with Gasteiger partial charge in [0.15, 0.2) is 0 Å². The van der Waals surface area contributed by atoms with Gasteiger partial charge in [0.05, 0.1) is 11.2 Å². The largest absolute Gasteiger partial charge is 0.269 e. The average molecular weight is 411 g/mol. The van der Waals surface area contributed by atoms with E-state index in [9.17, 15) is 4.79 Å². The Kier molecular flexibility index (Phi) is 4.41. The molecule has 30 heavy (non-hydrogen) atoms. The van der Waals surface area contributed by atoms with Crippen molar-refractivity contribution in [1.29, 1.82) is 0 Å². The molecule has 0 unspecified atom stereocenters. The van der Waals surface area contributed by atoms with Gasteiger partial charge in [-0.2, -0.15) is 0 Å². The molecule has 2 heterocycles. The van der Waals surface area contributed by atoms with Crippen molar-refractivity contribution >= 4 is 23.1 Å². The summed E-state index contributed by atoms with van der Waals surface area (Å²) in [5, 5.41) is 8.23. The summed E-state index contributed by atoms with van der Waals surface area (Å²) < 4.78 is 3.81. The Morgan fingerprint density at radius 2 is 1.57 bits per heavy atom. The van der Waals surface area contributed by atoms with Crippen LogP contribution in [0.4, 0.5) is 0 Å². The predicted molar refractivity (Wildman–Crippen MR) is 122 cm³/mol. The fourth-order valence-electron chi connectivity index (χ4n) is 3.76. The van der Waals surface area contributed by atoms with E-state index in [1.807, 2.05) is 79.7 Å². The van der Waals surface area contributed by atoms with Crippen LogP contribution >= 0.6 is 12.2 Å². The van der Waals surface area contributed by atoms with E-state index in [4.69, 9.17) is 12.2 Å². The second-order valence-corrected chi connectivity index (χ2v) is 7.50. The van der Waals surface area contributed by atoms with Crippen LogP contribution in [0, 0.1) is 11.7 Å². The van der Waals surface area contributed by atoms with Crippen molar-refractivity contribution < 1.29 is 0 Å². The summed E-state index contributed by atoms with van der Waals surface area (Å²) in [5.41, 5.74) is 4.46. The lowest BCUT2D eigenvalue weighted by molar-refractivity contribution is 0.877. The Morgan fingerprint density at radius 3 is 2.30 bits per heavy atom. The molecule has 5 nitrogen and oxygen atoms in total. The lowest BCUT2D eigenvalue weighted by atomic mass is 10.00. The van der Waals surface area contributed by atoms with E-state index in [0.29, 0.717) is 10.7 Å². The van der Waals surface area contributed by atoms with Gasteiger partial charge in [-0.15, -0.1) is 5.10 Å². The second-order valence-electron chi connectivity index (χ2n) is 7.12. The van der Waals surface area contributed by atoms with E-state index in [-0.39, 0.29) is 5.56 Å². The molecule has 0 saturated heterocycles. The van der Waals surface area contributed by atoms with Gasteiger partial charge in [-0.25, -0.2) is 9.67 Å². The third-order valence-electron chi connectivity index (χ3n) is 5.13. The molecule has 0 spiro atoms. The van der Waals surface area contributed by atoms with Crippen LogP contribution < -0.4 is 5.56 Å². The van der Waals surface area contributed by atoms with Crippen LogP contribution in [0.15, 0.2) is 89.7 Å². The number of aromatic amines is 1. The zero-order chi connectivity index (χ0) is 20.7. The zero-order valence-corrected chi connectivity index (χ0v) is 17.1. The Morgan fingerprint density at radius 1 is 0.867 bits per heavy atom. The van der Waals surface area contributed by atoms with E-state index in [1.54, 1.807) is 15.2 Å². The highest BCUT2D eigenvalue weighted by atomic mass is 32.1. The molecule has 0 aliphatic carbocycles. The molecule has 0 aliphatic heterocycles. The first-order valence-electron chi connectivity index (χ1n) is 9.58. The van der Waals surface area contributed by atoms with Crippen LogP contribution in [-0.2, 0) is 0 Å². The first-order valence-corrected chi connectivity index (χ1v) is 9.99. The highest BCUT2D eigenvalue weighted by Crippen LogP contribution is 2.29. The Bertz CT molecular complexity index is 1480. The number of aryl methyl sites for hydroxylation is 1. The first kappa shape index (κ1) is 18.3. The summed E-state index contributed by atoms with van der Waals surface area (Å²) in [7, 11) is 0. The summed E-state index contributed by atoms with van der Waals surface area (Å²) in [6.07, 6.45) is 0. The summed E-state index contributed by atoms with van der Waals surface area (Å²) in [6, 6.07) is 27.3. The third-order valence-corrected chi connectivity index (χ3v) is 5.40. The number of benzene rings is 3. The molecular formula is C24H18N4OS. The molecule has 0 fully saturated rings. The average Bonchev–Trinajstić information content (AvgIpc) is 3.15. The Hall–Kier alpha value is -3.77. The lowest BCUT2D eigenvalue weighted by Crippen LogP contribution is -2.22. The van der Waals surface area contributed by atoms with Crippen LogP contribution in [0.5, 0.6) is 0 Å². The smallest absolute Gasteiger partial charge is 0.258 e. The molecule has 1 N–H and O–H groups in total. The van der Waals surface area contributed by atoms with Crippen LogP contribution in [0.2, 0.25) is 0 Å². The van der Waals surface area contributed by atoms with Crippen molar-refractivity contribution in [2.75, 3.05) is 0 Å². The maximum absolute atomic E-state index is 13.4. The zero-order valence-electron chi connectivity index (χ0n) is 16.2. The second kappa shape index (κ2) is 7.24. The Labute approximate surface area is 177 Å². The fourth-order valence-corrected chi connectivity index (χ4v) is 3.99. The van der Waals surface area contributed by atoms with Crippen molar-refractivity contribution in [3.63, 3.8) is 0 Å². The van der Waals surface area contributed by atoms with E-state index in [2.05, 4.69) is 16.3 Å². The van der Waals surface area contributed by atoms with Crippen LogP contribution in [0.3, 0.4) is 0 Å². The number of para-hydroxylation sites is 1. The quantitative estimate of drug-likeness (QED) is 0.416. The number of hydrogen-bond donors (Lipinski definition) is 1. The number of nitrogens with zero attached hydrogens (tertiary/aromatic N) is 3. The number of hydrogen-bond acceptors (Lipinski definition) is 3. The monoisotopic (exact) mass is 410 g/mol. The van der Waals surface area contributed by atoms with Gasteiger partial charge < -0.3 is 0 Å². The minimum Gasteiger partial charge on any atom is -0.269 e. The molecule has 0 atom stereocenters. The maximum atomic E-state index is 13.4. The minimum atomic E-state index is -0.170. The number of pyridine rings is 1. The van der Waals surface area contributed by atoms with Gasteiger partial charge >= 0.3 is 0 Å². The van der Waals surface area contributed by atoms with Crippen molar-refractivity contribution in [3.8, 4) is 22.8 Å². The van der Waals surface area contributed by atoms with E-state index < -0.39 is 0 Å². The van der Waals surface area contributed by atoms with Crippen molar-refractivity contribution in [1.82, 2.24) is 19.3 Å². The topological polar surface area (TPSA) is 55.6 Å². The molecule has 5 aromatic rings. The fraction of sp³-hybridized carbons (Fsp3) is 0.0417. The third kappa shape index (κ3) is 2.98. The van der Waals surface area contributed by atoms with Gasteiger partial charge in [-0.3, -0.25) is 9.36 Å². The molecule has 6 heteroatoms. The number of H-pyrrole nitrogens is 1. The van der Waals surface area contributed by atoms with Gasteiger partial charge in [0, 0.05) is 11.5 Å². The SMILES string of the molecule is Cc1ccc2c(c1)c(-c1ccccc1)cc(=O)n2-c1n[nH]c(=S)n1-c1ccccc1. The van der Waals surface area contributed by atoms with Gasteiger partial charge in [0.2, 0.25) is 10.7 Å². The highest BCUT2D eigenvalue weighted by molar-refractivity contribution is 7.71. The predicted octanol–water partition coefficient (Wildman–Crippen LogP) is 5.21. The van der Waals surface area contributed by atoms with Gasteiger partial charge in [-0.1, -0.05) is 60.2 Å². The molecule has 0 bridgehead atoms. The normalized spacial score (nSPS) is 11.1.